The molecule has 2 amide bonds. The van der Waals surface area contributed by atoms with Gasteiger partial charge in [-0.25, -0.2) is 0 Å². The van der Waals surface area contributed by atoms with Crippen LogP contribution in [0.1, 0.15) is 35.2 Å². The minimum absolute atomic E-state index is 0.0396. The zero-order chi connectivity index (χ0) is 20.6. The van der Waals surface area contributed by atoms with Crippen LogP contribution in [0, 0.1) is 0 Å². The highest BCUT2D eigenvalue weighted by molar-refractivity contribution is 9.10. The van der Waals surface area contributed by atoms with Crippen molar-refractivity contribution < 1.29 is 9.59 Å². The van der Waals surface area contributed by atoms with Crippen molar-refractivity contribution in [3.63, 3.8) is 0 Å². The molecule has 5 nitrogen and oxygen atoms in total. The number of carbonyl (C=O) groups excluding carboxylic acids is 2. The first-order valence-corrected chi connectivity index (χ1v) is 10.9. The molecule has 1 aliphatic rings. The third-order valence-corrected chi connectivity index (χ3v) is 5.78. The number of piperazine rings is 1. The number of halogens is 1. The van der Waals surface area contributed by atoms with E-state index in [0.717, 1.165) is 30.7 Å². The highest BCUT2D eigenvalue weighted by atomic mass is 79.9. The Morgan fingerprint density at radius 2 is 1.83 bits per heavy atom. The first-order chi connectivity index (χ1) is 14.0. The minimum atomic E-state index is -0.0396. The summed E-state index contributed by atoms with van der Waals surface area (Å²) < 4.78 is 0.872. The quantitative estimate of drug-likeness (QED) is 0.691. The maximum atomic E-state index is 13.2. The number of carbonyl (C=O) groups is 2. The van der Waals surface area contributed by atoms with Gasteiger partial charge in [0.1, 0.15) is 0 Å². The molecule has 0 aliphatic carbocycles. The number of hydrogen-bond acceptors (Lipinski definition) is 3. The molecule has 1 unspecified atom stereocenters. The molecule has 1 N–H and O–H groups in total. The Bertz CT molecular complexity index is 822. The number of benzene rings is 2. The smallest absolute Gasteiger partial charge is 0.253 e. The van der Waals surface area contributed by atoms with Crippen LogP contribution in [0.2, 0.25) is 0 Å². The Morgan fingerprint density at radius 1 is 1.10 bits per heavy atom. The van der Waals surface area contributed by atoms with Crippen molar-refractivity contribution in [2.24, 2.45) is 0 Å². The van der Waals surface area contributed by atoms with Gasteiger partial charge in [0.2, 0.25) is 5.91 Å². The summed E-state index contributed by atoms with van der Waals surface area (Å²) in [5.74, 6) is 0.259. The van der Waals surface area contributed by atoms with Crippen LogP contribution < -0.4 is 5.32 Å². The standard InChI is InChI=1S/C23H28BrN3O2/c1-18(19-6-3-2-4-7-19)17-27(23(29)20-8-5-9-21(24)16-20)13-10-22(28)26-14-11-25-12-15-26/h2-9,16,18,25H,10-15,17H2,1H3. The Balaban J connectivity index is 1.71. The van der Waals surface area contributed by atoms with E-state index in [1.165, 1.54) is 5.56 Å². The van der Waals surface area contributed by atoms with Crippen molar-refractivity contribution in [1.82, 2.24) is 15.1 Å². The Kier molecular flexibility index (Phi) is 7.83. The fraction of sp³-hybridized carbons (Fsp3) is 0.391. The van der Waals surface area contributed by atoms with Gasteiger partial charge in [-0.15, -0.1) is 0 Å². The van der Waals surface area contributed by atoms with Crippen molar-refractivity contribution in [3.05, 3.63) is 70.2 Å². The topological polar surface area (TPSA) is 52.7 Å². The summed E-state index contributed by atoms with van der Waals surface area (Å²) in [6.07, 6.45) is 0.348. The summed E-state index contributed by atoms with van der Waals surface area (Å²) in [5, 5.41) is 3.26. The molecule has 1 saturated heterocycles. The minimum Gasteiger partial charge on any atom is -0.340 e. The highest BCUT2D eigenvalue weighted by Crippen LogP contribution is 2.19. The average molecular weight is 458 g/mol. The molecule has 1 fully saturated rings. The molecule has 29 heavy (non-hydrogen) atoms. The molecule has 6 heteroatoms. The van der Waals surface area contributed by atoms with E-state index in [0.29, 0.717) is 25.1 Å². The molecule has 2 aromatic carbocycles. The van der Waals surface area contributed by atoms with Gasteiger partial charge in [0.05, 0.1) is 0 Å². The van der Waals surface area contributed by atoms with Crippen LogP contribution in [0.15, 0.2) is 59.1 Å². The molecule has 2 aromatic rings. The van der Waals surface area contributed by atoms with E-state index in [-0.39, 0.29) is 17.7 Å². The second kappa shape index (κ2) is 10.6. The van der Waals surface area contributed by atoms with Gasteiger partial charge < -0.3 is 15.1 Å². The zero-order valence-electron chi connectivity index (χ0n) is 16.8. The van der Waals surface area contributed by atoms with Crippen LogP contribution in [0.3, 0.4) is 0 Å². The van der Waals surface area contributed by atoms with E-state index in [1.54, 1.807) is 0 Å². The van der Waals surface area contributed by atoms with E-state index in [1.807, 2.05) is 52.3 Å². The molecule has 0 radical (unpaired) electrons. The molecule has 0 saturated carbocycles. The second-order valence-corrected chi connectivity index (χ2v) is 8.37. The predicted octanol–water partition coefficient (Wildman–Crippen LogP) is 3.52. The molecule has 154 valence electrons. The lowest BCUT2D eigenvalue weighted by Crippen LogP contribution is -2.47. The second-order valence-electron chi connectivity index (χ2n) is 7.45. The van der Waals surface area contributed by atoms with E-state index in [9.17, 15) is 9.59 Å². The fourth-order valence-corrected chi connectivity index (χ4v) is 4.00. The number of amides is 2. The van der Waals surface area contributed by atoms with Crippen molar-refractivity contribution in [2.75, 3.05) is 39.3 Å². The lowest BCUT2D eigenvalue weighted by molar-refractivity contribution is -0.131. The fourth-order valence-electron chi connectivity index (χ4n) is 3.60. The summed E-state index contributed by atoms with van der Waals surface area (Å²) in [7, 11) is 0. The molecular formula is C23H28BrN3O2. The van der Waals surface area contributed by atoms with Crippen LogP contribution in [0.25, 0.3) is 0 Å². The van der Waals surface area contributed by atoms with Crippen LogP contribution in [-0.4, -0.2) is 60.9 Å². The van der Waals surface area contributed by atoms with Gasteiger partial charge >= 0.3 is 0 Å². The van der Waals surface area contributed by atoms with Gasteiger partial charge in [0.25, 0.3) is 5.91 Å². The monoisotopic (exact) mass is 457 g/mol. The Morgan fingerprint density at radius 3 is 2.52 bits per heavy atom. The summed E-state index contributed by atoms with van der Waals surface area (Å²) >= 11 is 3.44. The largest absolute Gasteiger partial charge is 0.340 e. The van der Waals surface area contributed by atoms with Gasteiger partial charge in [-0.1, -0.05) is 59.3 Å². The van der Waals surface area contributed by atoms with E-state index >= 15 is 0 Å². The Labute approximate surface area is 181 Å². The maximum absolute atomic E-state index is 13.2. The molecule has 1 aliphatic heterocycles. The molecule has 1 heterocycles. The molecule has 0 aromatic heterocycles. The highest BCUT2D eigenvalue weighted by Gasteiger charge is 2.22. The third-order valence-electron chi connectivity index (χ3n) is 5.29. The number of nitrogens with zero attached hydrogens (tertiary/aromatic N) is 2. The lowest BCUT2D eigenvalue weighted by atomic mass is 10.00. The maximum Gasteiger partial charge on any atom is 0.253 e. The third kappa shape index (κ3) is 6.15. The van der Waals surface area contributed by atoms with E-state index in [4.69, 9.17) is 0 Å². The van der Waals surface area contributed by atoms with Crippen molar-refractivity contribution in [1.29, 1.82) is 0 Å². The summed E-state index contributed by atoms with van der Waals surface area (Å²) in [6.45, 7) is 6.25. The first kappa shape index (κ1) is 21.5. The van der Waals surface area contributed by atoms with Crippen LogP contribution in [0.4, 0.5) is 0 Å². The first-order valence-electron chi connectivity index (χ1n) is 10.1. The van der Waals surface area contributed by atoms with Crippen molar-refractivity contribution >= 4 is 27.7 Å². The van der Waals surface area contributed by atoms with Gasteiger partial charge in [0, 0.05) is 55.7 Å². The summed E-state index contributed by atoms with van der Waals surface area (Å²) in [5.41, 5.74) is 1.82. The summed E-state index contributed by atoms with van der Waals surface area (Å²) in [6, 6.07) is 17.6. The SMILES string of the molecule is CC(CN(CCC(=O)N1CCNCC1)C(=O)c1cccc(Br)c1)c1ccccc1. The van der Waals surface area contributed by atoms with E-state index < -0.39 is 0 Å². The molecule has 3 rings (SSSR count). The molecule has 0 bridgehead atoms. The van der Waals surface area contributed by atoms with Crippen molar-refractivity contribution in [3.8, 4) is 0 Å². The lowest BCUT2D eigenvalue weighted by Gasteiger charge is -2.30. The number of nitrogens with one attached hydrogen (secondary N) is 1. The average Bonchev–Trinajstić information content (AvgIpc) is 2.77. The van der Waals surface area contributed by atoms with Gasteiger partial charge in [0.15, 0.2) is 0 Å². The predicted molar refractivity (Wildman–Crippen MR) is 119 cm³/mol. The molecule has 1 atom stereocenters. The van der Waals surface area contributed by atoms with E-state index in [2.05, 4.69) is 40.3 Å². The molecule has 0 spiro atoms. The zero-order valence-corrected chi connectivity index (χ0v) is 18.4. The Hall–Kier alpha value is -2.18. The van der Waals surface area contributed by atoms with Crippen molar-refractivity contribution in [2.45, 2.75) is 19.3 Å². The number of rotatable bonds is 7. The van der Waals surface area contributed by atoms with Gasteiger partial charge in [-0.2, -0.15) is 0 Å². The number of hydrogen-bond donors (Lipinski definition) is 1. The van der Waals surface area contributed by atoms with Gasteiger partial charge in [-0.3, -0.25) is 9.59 Å². The van der Waals surface area contributed by atoms with Crippen LogP contribution >= 0.6 is 15.9 Å². The van der Waals surface area contributed by atoms with Crippen LogP contribution in [-0.2, 0) is 4.79 Å². The molecular weight excluding hydrogens is 430 g/mol. The normalized spacial score (nSPS) is 15.0. The van der Waals surface area contributed by atoms with Crippen LogP contribution in [0.5, 0.6) is 0 Å². The summed E-state index contributed by atoms with van der Waals surface area (Å²) in [4.78, 5) is 29.6. The van der Waals surface area contributed by atoms with Gasteiger partial charge in [-0.05, 0) is 29.7 Å².